The van der Waals surface area contributed by atoms with E-state index in [2.05, 4.69) is 0 Å². The van der Waals surface area contributed by atoms with E-state index in [0.29, 0.717) is 4.73 Å². The van der Waals surface area contributed by atoms with Crippen molar-refractivity contribution in [2.24, 2.45) is 0 Å². The molecule has 10 heteroatoms. The minimum atomic E-state index is -3.85. The largest absolute Gasteiger partial charge is 0.616 e. The maximum Gasteiger partial charge on any atom is 0.385 e. The van der Waals surface area contributed by atoms with Crippen LogP contribution in [-0.2, 0) is 10.0 Å². The normalized spacial score (nSPS) is 11.5. The van der Waals surface area contributed by atoms with Crippen LogP contribution in [0.25, 0.3) is 0 Å². The van der Waals surface area contributed by atoms with Crippen LogP contribution in [0.1, 0.15) is 13.8 Å². The number of nitrogens with zero attached hydrogens (tertiary/aromatic N) is 3. The minimum Gasteiger partial charge on any atom is -0.616 e. The van der Waals surface area contributed by atoms with Gasteiger partial charge in [0.05, 0.1) is 15.9 Å². The SMILES string of the molecule is CCN(CC)S(=O)(=O)c1ccc(Oc2cccc[n+]2[O-])c([N+](=O)[O-])c1. The summed E-state index contributed by atoms with van der Waals surface area (Å²) in [5.74, 6) is -0.385. The fourth-order valence-electron chi connectivity index (χ4n) is 2.20. The molecule has 2 rings (SSSR count). The maximum atomic E-state index is 12.5. The molecular weight excluding hydrogens is 350 g/mol. The van der Waals surface area contributed by atoms with Crippen LogP contribution in [0.2, 0.25) is 0 Å². The summed E-state index contributed by atoms with van der Waals surface area (Å²) in [5.41, 5.74) is -0.544. The lowest BCUT2D eigenvalue weighted by Crippen LogP contribution is -2.30. The zero-order valence-corrected chi connectivity index (χ0v) is 14.5. The number of aromatic nitrogens is 1. The molecule has 134 valence electrons. The Balaban J connectivity index is 2.49. The van der Waals surface area contributed by atoms with E-state index in [1.54, 1.807) is 13.8 Å². The summed E-state index contributed by atoms with van der Waals surface area (Å²) < 4.78 is 31.9. The molecule has 0 amide bonds. The third kappa shape index (κ3) is 3.86. The zero-order chi connectivity index (χ0) is 18.6. The van der Waals surface area contributed by atoms with Gasteiger partial charge in [-0.15, -0.1) is 4.73 Å². The molecule has 0 saturated heterocycles. The molecular formula is C15H17N3O6S. The Morgan fingerprint density at radius 2 is 1.88 bits per heavy atom. The van der Waals surface area contributed by atoms with Crippen molar-refractivity contribution in [3.63, 3.8) is 0 Å². The Kier molecular flexibility index (Phi) is 5.55. The monoisotopic (exact) mass is 367 g/mol. The molecule has 0 aliphatic carbocycles. The fraction of sp³-hybridized carbons (Fsp3) is 0.267. The average molecular weight is 367 g/mol. The van der Waals surface area contributed by atoms with E-state index in [1.807, 2.05) is 0 Å². The molecule has 1 aromatic carbocycles. The molecule has 2 aromatic rings. The minimum absolute atomic E-state index is 0.162. The second-order valence-corrected chi connectivity index (χ2v) is 6.88. The predicted octanol–water partition coefficient (Wildman–Crippen LogP) is 2.05. The molecule has 1 heterocycles. The van der Waals surface area contributed by atoms with Crippen LogP contribution in [-0.4, -0.2) is 30.7 Å². The topological polar surface area (TPSA) is 117 Å². The summed E-state index contributed by atoms with van der Waals surface area (Å²) in [5, 5.41) is 22.9. The van der Waals surface area contributed by atoms with Gasteiger partial charge in [-0.05, 0) is 18.2 Å². The highest BCUT2D eigenvalue weighted by atomic mass is 32.2. The number of hydrogen-bond acceptors (Lipinski definition) is 6. The first-order valence-corrected chi connectivity index (χ1v) is 8.89. The van der Waals surface area contributed by atoms with Crippen LogP contribution in [0.5, 0.6) is 11.6 Å². The van der Waals surface area contributed by atoms with Crippen LogP contribution in [0.15, 0.2) is 47.5 Å². The van der Waals surface area contributed by atoms with Crippen molar-refractivity contribution in [3.8, 4) is 11.6 Å². The molecule has 0 saturated carbocycles. The fourth-order valence-corrected chi connectivity index (χ4v) is 3.68. The Labute approximate surface area is 144 Å². The smallest absolute Gasteiger partial charge is 0.385 e. The van der Waals surface area contributed by atoms with Gasteiger partial charge in [0.1, 0.15) is 0 Å². The Morgan fingerprint density at radius 3 is 2.44 bits per heavy atom. The van der Waals surface area contributed by atoms with Gasteiger partial charge in [-0.3, -0.25) is 10.1 Å². The number of benzene rings is 1. The van der Waals surface area contributed by atoms with Crippen molar-refractivity contribution in [2.45, 2.75) is 18.7 Å². The summed E-state index contributed by atoms with van der Waals surface area (Å²) in [4.78, 5) is 10.4. The van der Waals surface area contributed by atoms with E-state index in [-0.39, 0.29) is 29.6 Å². The van der Waals surface area contributed by atoms with Crippen molar-refractivity contribution in [3.05, 3.63) is 57.9 Å². The lowest BCUT2D eigenvalue weighted by molar-refractivity contribution is -0.611. The summed E-state index contributed by atoms with van der Waals surface area (Å²) >= 11 is 0. The zero-order valence-electron chi connectivity index (χ0n) is 13.7. The Hall–Kier alpha value is -2.72. The van der Waals surface area contributed by atoms with E-state index in [4.69, 9.17) is 4.74 Å². The quantitative estimate of drug-likeness (QED) is 0.320. The van der Waals surface area contributed by atoms with Crippen molar-refractivity contribution in [2.75, 3.05) is 13.1 Å². The van der Waals surface area contributed by atoms with E-state index >= 15 is 0 Å². The lowest BCUT2D eigenvalue weighted by atomic mass is 10.3. The predicted molar refractivity (Wildman–Crippen MR) is 88.7 cm³/mol. The summed E-state index contributed by atoms with van der Waals surface area (Å²) in [6, 6.07) is 7.68. The number of rotatable bonds is 7. The van der Waals surface area contributed by atoms with Crippen molar-refractivity contribution in [1.29, 1.82) is 0 Å². The molecule has 0 atom stereocenters. The van der Waals surface area contributed by atoms with Crippen molar-refractivity contribution in [1.82, 2.24) is 4.31 Å². The van der Waals surface area contributed by atoms with Crippen molar-refractivity contribution < 1.29 is 22.8 Å². The van der Waals surface area contributed by atoms with Crippen LogP contribution in [0.4, 0.5) is 5.69 Å². The van der Waals surface area contributed by atoms with Gasteiger partial charge in [-0.2, -0.15) is 4.31 Å². The number of nitro groups is 1. The van der Waals surface area contributed by atoms with E-state index in [9.17, 15) is 23.7 Å². The third-order valence-electron chi connectivity index (χ3n) is 3.47. The highest BCUT2D eigenvalue weighted by Gasteiger charge is 2.27. The molecule has 0 unspecified atom stereocenters. The number of ether oxygens (including phenoxy) is 1. The van der Waals surface area contributed by atoms with Gasteiger partial charge in [0, 0.05) is 25.2 Å². The first-order chi connectivity index (χ1) is 11.8. The van der Waals surface area contributed by atoms with Crippen LogP contribution >= 0.6 is 0 Å². The van der Waals surface area contributed by atoms with Crippen LogP contribution < -0.4 is 9.47 Å². The summed E-state index contributed by atoms with van der Waals surface area (Å²) in [7, 11) is -3.85. The highest BCUT2D eigenvalue weighted by Crippen LogP contribution is 2.33. The Bertz CT molecular complexity index is 881. The maximum absolute atomic E-state index is 12.5. The number of pyridine rings is 1. The van der Waals surface area contributed by atoms with Gasteiger partial charge in [-0.1, -0.05) is 13.8 Å². The van der Waals surface area contributed by atoms with Gasteiger partial charge in [0.25, 0.3) is 0 Å². The van der Waals surface area contributed by atoms with Gasteiger partial charge in [0.2, 0.25) is 15.8 Å². The summed E-state index contributed by atoms with van der Waals surface area (Å²) in [6.07, 6.45) is 1.18. The van der Waals surface area contributed by atoms with E-state index < -0.39 is 20.6 Å². The summed E-state index contributed by atoms with van der Waals surface area (Å²) in [6.45, 7) is 3.83. The molecule has 9 nitrogen and oxygen atoms in total. The number of sulfonamides is 1. The lowest BCUT2D eigenvalue weighted by Gasteiger charge is -2.18. The molecule has 1 aromatic heterocycles. The molecule has 0 aliphatic rings. The molecule has 0 spiro atoms. The molecule has 0 bridgehead atoms. The Morgan fingerprint density at radius 1 is 1.20 bits per heavy atom. The molecule has 0 fully saturated rings. The van der Waals surface area contributed by atoms with E-state index in [0.717, 1.165) is 6.07 Å². The first-order valence-electron chi connectivity index (χ1n) is 7.45. The molecule has 0 N–H and O–H groups in total. The number of nitro benzene ring substituents is 1. The van der Waals surface area contributed by atoms with Gasteiger partial charge >= 0.3 is 11.6 Å². The second-order valence-electron chi connectivity index (χ2n) is 4.94. The molecule has 0 aliphatic heterocycles. The van der Waals surface area contributed by atoms with Gasteiger partial charge in [0.15, 0.2) is 6.20 Å². The van der Waals surface area contributed by atoms with Crippen LogP contribution in [0, 0.1) is 15.3 Å². The van der Waals surface area contributed by atoms with Gasteiger partial charge < -0.3 is 9.94 Å². The van der Waals surface area contributed by atoms with Crippen LogP contribution in [0.3, 0.4) is 0 Å². The molecule has 0 radical (unpaired) electrons. The number of hydrogen-bond donors (Lipinski definition) is 0. The third-order valence-corrected chi connectivity index (χ3v) is 5.52. The van der Waals surface area contributed by atoms with Crippen molar-refractivity contribution >= 4 is 15.7 Å². The highest BCUT2D eigenvalue weighted by molar-refractivity contribution is 7.89. The van der Waals surface area contributed by atoms with E-state index in [1.165, 1.54) is 40.8 Å². The molecule has 25 heavy (non-hydrogen) atoms. The average Bonchev–Trinajstić information content (AvgIpc) is 2.57. The second kappa shape index (κ2) is 7.45. The first kappa shape index (κ1) is 18.6. The van der Waals surface area contributed by atoms with Gasteiger partial charge in [-0.25, -0.2) is 8.42 Å². The standard InChI is InChI=1S/C15H17N3O6S/c1-3-16(4-2)25(22,23)12-8-9-14(13(11-12)18(20)21)24-15-7-5-6-10-17(15)19/h5-11H,3-4H2,1-2H3.